The first-order valence-corrected chi connectivity index (χ1v) is 8.94. The van der Waals surface area contributed by atoms with Crippen LogP contribution in [0.2, 0.25) is 0 Å². The number of amides is 1. The van der Waals surface area contributed by atoms with E-state index in [0.717, 1.165) is 5.56 Å². The van der Waals surface area contributed by atoms with Crippen LogP contribution in [0.25, 0.3) is 0 Å². The summed E-state index contributed by atoms with van der Waals surface area (Å²) < 4.78 is 16.6. The minimum atomic E-state index is -1.05. The second kappa shape index (κ2) is 8.98. The lowest BCUT2D eigenvalue weighted by Crippen LogP contribution is -2.28. The molecule has 1 amide bonds. The largest absolute Gasteiger partial charge is 0.465 e. The maximum Gasteiger partial charge on any atom is 0.337 e. The molecule has 0 heterocycles. The van der Waals surface area contributed by atoms with E-state index in [1.54, 1.807) is 18.2 Å². The fourth-order valence-electron chi connectivity index (χ4n) is 2.12. The Labute approximate surface area is 143 Å². The predicted octanol–water partition coefficient (Wildman–Crippen LogP) is 2.15. The molecule has 0 saturated heterocycles. The zero-order valence-electron chi connectivity index (χ0n) is 13.4. The van der Waals surface area contributed by atoms with Gasteiger partial charge in [-0.2, -0.15) is 0 Å². The van der Waals surface area contributed by atoms with Gasteiger partial charge in [-0.3, -0.25) is 9.00 Å². The molecule has 0 bridgehead atoms. The Bertz CT molecular complexity index is 731. The standard InChI is InChI=1S/C18H19NO4S/c1-23-18(21)16-9-5-8-15(12-16)17(20)19-10-11-24(22)13-14-6-3-2-4-7-14/h2-9,12H,10-11,13H2,1H3,(H,19,20). The molecule has 0 saturated carbocycles. The molecule has 24 heavy (non-hydrogen) atoms. The van der Waals surface area contributed by atoms with Gasteiger partial charge in [0.1, 0.15) is 0 Å². The second-order valence-electron chi connectivity index (χ2n) is 5.10. The van der Waals surface area contributed by atoms with E-state index in [4.69, 9.17) is 0 Å². The van der Waals surface area contributed by atoms with Crippen LogP contribution in [-0.2, 0) is 21.3 Å². The summed E-state index contributed by atoms with van der Waals surface area (Å²) in [7, 11) is 0.243. The van der Waals surface area contributed by atoms with Gasteiger partial charge in [-0.25, -0.2) is 4.79 Å². The summed E-state index contributed by atoms with van der Waals surface area (Å²) in [5, 5.41) is 2.72. The molecule has 0 radical (unpaired) electrons. The van der Waals surface area contributed by atoms with Crippen LogP contribution in [0, 0.1) is 0 Å². The Hall–Kier alpha value is -2.47. The molecule has 1 unspecified atom stereocenters. The van der Waals surface area contributed by atoms with Crippen molar-refractivity contribution in [2.45, 2.75) is 5.75 Å². The topological polar surface area (TPSA) is 72.5 Å². The Morgan fingerprint density at radius 1 is 1.04 bits per heavy atom. The van der Waals surface area contributed by atoms with Crippen molar-refractivity contribution in [2.24, 2.45) is 0 Å². The number of esters is 1. The highest BCUT2D eigenvalue weighted by Crippen LogP contribution is 2.07. The summed E-state index contributed by atoms with van der Waals surface area (Å²) in [6.45, 7) is 0.306. The third kappa shape index (κ3) is 5.31. The third-order valence-corrected chi connectivity index (χ3v) is 4.65. The van der Waals surface area contributed by atoms with E-state index in [1.165, 1.54) is 13.2 Å². The molecule has 0 aliphatic rings. The lowest BCUT2D eigenvalue weighted by molar-refractivity contribution is 0.0600. The van der Waals surface area contributed by atoms with Gasteiger partial charge in [-0.05, 0) is 23.8 Å². The Morgan fingerprint density at radius 2 is 1.75 bits per heavy atom. The molecule has 1 atom stereocenters. The van der Waals surface area contributed by atoms with E-state index in [2.05, 4.69) is 10.1 Å². The van der Waals surface area contributed by atoms with Crippen molar-refractivity contribution < 1.29 is 18.5 Å². The summed E-state index contributed by atoms with van der Waals surface area (Å²) in [5.41, 5.74) is 1.69. The quantitative estimate of drug-likeness (QED) is 0.781. The average molecular weight is 345 g/mol. The van der Waals surface area contributed by atoms with Crippen molar-refractivity contribution in [1.29, 1.82) is 0 Å². The second-order valence-corrected chi connectivity index (χ2v) is 6.68. The zero-order chi connectivity index (χ0) is 17.4. The van der Waals surface area contributed by atoms with E-state index in [0.29, 0.717) is 29.2 Å². The number of carbonyl (C=O) groups is 2. The molecule has 1 N–H and O–H groups in total. The molecule has 0 fully saturated rings. The van der Waals surface area contributed by atoms with Crippen LogP contribution in [0.1, 0.15) is 26.3 Å². The molecule has 2 aromatic carbocycles. The van der Waals surface area contributed by atoms with Crippen molar-refractivity contribution in [3.05, 3.63) is 71.3 Å². The van der Waals surface area contributed by atoms with Gasteiger partial charge in [0.25, 0.3) is 5.91 Å². The van der Waals surface area contributed by atoms with Gasteiger partial charge in [-0.1, -0.05) is 36.4 Å². The monoisotopic (exact) mass is 345 g/mol. The number of nitrogens with one attached hydrogen (secondary N) is 1. The van der Waals surface area contributed by atoms with Crippen LogP contribution in [0.15, 0.2) is 54.6 Å². The van der Waals surface area contributed by atoms with Gasteiger partial charge in [0.15, 0.2) is 0 Å². The fraction of sp³-hybridized carbons (Fsp3) is 0.222. The Balaban J connectivity index is 1.83. The number of hydrogen-bond acceptors (Lipinski definition) is 4. The van der Waals surface area contributed by atoms with Crippen LogP contribution in [0.3, 0.4) is 0 Å². The lowest BCUT2D eigenvalue weighted by Gasteiger charge is -2.07. The Kier molecular flexibility index (Phi) is 6.69. The summed E-state index contributed by atoms with van der Waals surface area (Å²) in [6, 6.07) is 15.9. The van der Waals surface area contributed by atoms with Crippen LogP contribution in [0.4, 0.5) is 0 Å². The molecule has 2 rings (SSSR count). The summed E-state index contributed by atoms with van der Waals surface area (Å²) in [6.07, 6.45) is 0. The van der Waals surface area contributed by atoms with E-state index >= 15 is 0 Å². The molecule has 2 aromatic rings. The van der Waals surface area contributed by atoms with Crippen molar-refractivity contribution in [3.8, 4) is 0 Å². The zero-order valence-corrected chi connectivity index (χ0v) is 14.2. The van der Waals surface area contributed by atoms with Crippen molar-refractivity contribution in [2.75, 3.05) is 19.4 Å². The van der Waals surface area contributed by atoms with Crippen molar-refractivity contribution in [3.63, 3.8) is 0 Å². The molecule has 0 aliphatic heterocycles. The van der Waals surface area contributed by atoms with Crippen LogP contribution < -0.4 is 5.32 Å². The van der Waals surface area contributed by atoms with Crippen LogP contribution in [0.5, 0.6) is 0 Å². The summed E-state index contributed by atoms with van der Waals surface area (Å²) in [5.74, 6) is 0.0392. The fourth-order valence-corrected chi connectivity index (χ4v) is 3.16. The van der Waals surface area contributed by atoms with Crippen molar-refractivity contribution in [1.82, 2.24) is 5.32 Å². The van der Waals surface area contributed by atoms with Gasteiger partial charge < -0.3 is 10.1 Å². The molecule has 126 valence electrons. The minimum Gasteiger partial charge on any atom is -0.465 e. The summed E-state index contributed by atoms with van der Waals surface area (Å²) >= 11 is 0. The molecule has 0 aromatic heterocycles. The van der Waals surface area contributed by atoms with Crippen LogP contribution in [-0.4, -0.2) is 35.5 Å². The molecular weight excluding hydrogens is 326 g/mol. The van der Waals surface area contributed by atoms with Gasteiger partial charge in [0, 0.05) is 34.4 Å². The third-order valence-electron chi connectivity index (χ3n) is 3.33. The Morgan fingerprint density at radius 3 is 2.46 bits per heavy atom. The summed E-state index contributed by atoms with van der Waals surface area (Å²) in [4.78, 5) is 23.6. The number of methoxy groups -OCH3 is 1. The minimum absolute atomic E-state index is 0.306. The molecule has 0 aliphatic carbocycles. The molecule has 0 spiro atoms. The number of carbonyl (C=O) groups excluding carboxylic acids is 2. The number of hydrogen-bond donors (Lipinski definition) is 1. The van der Waals surface area contributed by atoms with Gasteiger partial charge in [0.05, 0.1) is 12.7 Å². The normalized spacial score (nSPS) is 11.5. The van der Waals surface area contributed by atoms with Crippen LogP contribution >= 0.6 is 0 Å². The van der Waals surface area contributed by atoms with Gasteiger partial charge in [-0.15, -0.1) is 0 Å². The predicted molar refractivity (Wildman–Crippen MR) is 93.3 cm³/mol. The first kappa shape index (κ1) is 17.9. The number of rotatable bonds is 7. The smallest absolute Gasteiger partial charge is 0.337 e. The maximum atomic E-state index is 12.1. The van der Waals surface area contributed by atoms with E-state index < -0.39 is 16.8 Å². The molecule has 5 nitrogen and oxygen atoms in total. The maximum absolute atomic E-state index is 12.1. The number of ether oxygens (including phenoxy) is 1. The first-order valence-electron chi connectivity index (χ1n) is 7.45. The highest BCUT2D eigenvalue weighted by molar-refractivity contribution is 7.84. The molecular formula is C18H19NO4S. The average Bonchev–Trinajstić information content (AvgIpc) is 2.61. The van der Waals surface area contributed by atoms with Gasteiger partial charge >= 0.3 is 5.97 Å². The highest BCUT2D eigenvalue weighted by Gasteiger charge is 2.10. The molecule has 6 heteroatoms. The van der Waals surface area contributed by atoms with E-state index in [9.17, 15) is 13.8 Å². The highest BCUT2D eigenvalue weighted by atomic mass is 32.2. The van der Waals surface area contributed by atoms with Gasteiger partial charge in [0.2, 0.25) is 0 Å². The number of benzene rings is 2. The lowest BCUT2D eigenvalue weighted by atomic mass is 10.1. The van der Waals surface area contributed by atoms with E-state index in [-0.39, 0.29) is 5.91 Å². The van der Waals surface area contributed by atoms with E-state index in [1.807, 2.05) is 30.3 Å². The SMILES string of the molecule is COC(=O)c1cccc(C(=O)NCCS(=O)Cc2ccccc2)c1. The first-order chi connectivity index (χ1) is 11.6. The van der Waals surface area contributed by atoms with Crippen molar-refractivity contribution >= 4 is 22.7 Å².